The van der Waals surface area contributed by atoms with E-state index < -0.39 is 12.0 Å². The third-order valence-corrected chi connectivity index (χ3v) is 4.90. The molecule has 7 heteroatoms. The van der Waals surface area contributed by atoms with Crippen LogP contribution in [0, 0.1) is 7.40 Å². The number of aliphatic carboxylic acids is 1. The summed E-state index contributed by atoms with van der Waals surface area (Å²) in [5.74, 6) is -0.840. The van der Waals surface area contributed by atoms with Crippen LogP contribution in [0.25, 0.3) is 0 Å². The Morgan fingerprint density at radius 1 is 1.62 bits per heavy atom. The molecule has 0 fully saturated rings. The molecule has 0 aliphatic rings. The maximum Gasteiger partial charge on any atom is 0.322 e. The lowest BCUT2D eigenvalue weighted by molar-refractivity contribution is -0.140. The predicted molar refractivity (Wildman–Crippen MR) is 77.4 cm³/mol. The number of carboxylic acids is 1. The van der Waals surface area contributed by atoms with Gasteiger partial charge in [-0.05, 0) is 45.2 Å². The SMILES string of the molecule is CC(C)NC(Cn1cnc(I)c1I)C(=O)O. The molecule has 0 spiro atoms. The van der Waals surface area contributed by atoms with E-state index in [2.05, 4.69) is 55.5 Å². The van der Waals surface area contributed by atoms with Gasteiger partial charge in [-0.2, -0.15) is 0 Å². The van der Waals surface area contributed by atoms with Crippen molar-refractivity contribution < 1.29 is 9.90 Å². The summed E-state index contributed by atoms with van der Waals surface area (Å²) in [6.45, 7) is 4.25. The molecule has 0 saturated heterocycles. The highest BCUT2D eigenvalue weighted by atomic mass is 127. The van der Waals surface area contributed by atoms with Crippen LogP contribution in [0.3, 0.4) is 0 Å². The molecule has 5 nitrogen and oxygen atoms in total. The van der Waals surface area contributed by atoms with E-state index in [9.17, 15) is 4.79 Å². The van der Waals surface area contributed by atoms with Gasteiger partial charge in [0.25, 0.3) is 0 Å². The fourth-order valence-electron chi connectivity index (χ4n) is 1.27. The predicted octanol–water partition coefficient (Wildman–Crippen LogP) is 1.54. The van der Waals surface area contributed by atoms with Crippen LogP contribution >= 0.6 is 45.2 Å². The monoisotopic (exact) mass is 449 g/mol. The molecule has 0 aliphatic carbocycles. The van der Waals surface area contributed by atoms with E-state index in [1.165, 1.54) is 0 Å². The number of nitrogens with one attached hydrogen (secondary N) is 1. The molecule has 1 rings (SSSR count). The van der Waals surface area contributed by atoms with Crippen LogP contribution in [-0.2, 0) is 11.3 Å². The average molecular weight is 449 g/mol. The number of carboxylic acid groups (broad SMARTS) is 1. The topological polar surface area (TPSA) is 67.2 Å². The van der Waals surface area contributed by atoms with Gasteiger partial charge in [0.15, 0.2) is 0 Å². The normalized spacial score (nSPS) is 13.1. The van der Waals surface area contributed by atoms with Gasteiger partial charge < -0.3 is 15.0 Å². The Balaban J connectivity index is 2.76. The molecule has 0 bridgehead atoms. The Kier molecular flexibility index (Phi) is 5.44. The van der Waals surface area contributed by atoms with Crippen molar-refractivity contribution in [2.45, 2.75) is 32.5 Å². The molecule has 1 heterocycles. The second-order valence-corrected chi connectivity index (χ2v) is 5.73. The number of aromatic nitrogens is 2. The second kappa shape index (κ2) is 6.15. The van der Waals surface area contributed by atoms with Gasteiger partial charge in [0.05, 0.1) is 12.9 Å². The molecular formula is C9H13I2N3O2. The van der Waals surface area contributed by atoms with E-state index in [4.69, 9.17) is 5.11 Å². The van der Waals surface area contributed by atoms with Gasteiger partial charge in [-0.25, -0.2) is 4.98 Å². The van der Waals surface area contributed by atoms with Crippen LogP contribution < -0.4 is 5.32 Å². The molecular weight excluding hydrogens is 436 g/mol. The van der Waals surface area contributed by atoms with Crippen molar-refractivity contribution in [2.75, 3.05) is 0 Å². The summed E-state index contributed by atoms with van der Waals surface area (Å²) in [6, 6.07) is -0.445. The Morgan fingerprint density at radius 2 is 2.25 bits per heavy atom. The summed E-state index contributed by atoms with van der Waals surface area (Å²) in [5, 5.41) is 12.1. The lowest BCUT2D eigenvalue weighted by Crippen LogP contribution is -2.43. The van der Waals surface area contributed by atoms with Gasteiger partial charge in [0.2, 0.25) is 0 Å². The highest BCUT2D eigenvalue weighted by molar-refractivity contribution is 14.1. The summed E-state index contributed by atoms with van der Waals surface area (Å²) in [7, 11) is 0. The van der Waals surface area contributed by atoms with E-state index in [1.54, 1.807) is 6.33 Å². The van der Waals surface area contributed by atoms with Crippen molar-refractivity contribution in [1.82, 2.24) is 14.9 Å². The molecule has 1 atom stereocenters. The molecule has 0 saturated carbocycles. The maximum absolute atomic E-state index is 11.1. The molecule has 2 N–H and O–H groups in total. The zero-order valence-electron chi connectivity index (χ0n) is 8.94. The van der Waals surface area contributed by atoms with Crippen molar-refractivity contribution in [3.05, 3.63) is 13.7 Å². The quantitative estimate of drug-likeness (QED) is 0.670. The van der Waals surface area contributed by atoms with E-state index in [-0.39, 0.29) is 6.04 Å². The van der Waals surface area contributed by atoms with Crippen molar-refractivity contribution in [2.24, 2.45) is 0 Å². The van der Waals surface area contributed by atoms with Gasteiger partial charge in [-0.15, -0.1) is 0 Å². The number of hydrogen-bond acceptors (Lipinski definition) is 3. The number of hydrogen-bond donors (Lipinski definition) is 2. The van der Waals surface area contributed by atoms with Crippen molar-refractivity contribution >= 4 is 51.2 Å². The Labute approximate surface area is 121 Å². The van der Waals surface area contributed by atoms with E-state index in [1.807, 2.05) is 18.4 Å². The average Bonchev–Trinajstić information content (AvgIpc) is 2.47. The Morgan fingerprint density at radius 3 is 2.62 bits per heavy atom. The fraction of sp³-hybridized carbons (Fsp3) is 0.556. The molecule has 0 amide bonds. The molecule has 1 aromatic rings. The molecule has 0 aliphatic heterocycles. The Bertz CT molecular complexity index is 379. The molecule has 0 aromatic carbocycles. The van der Waals surface area contributed by atoms with Crippen LogP contribution in [0.4, 0.5) is 0 Å². The van der Waals surface area contributed by atoms with Gasteiger partial charge in [0.1, 0.15) is 13.4 Å². The first-order valence-corrected chi connectivity index (χ1v) is 6.92. The van der Waals surface area contributed by atoms with Crippen LogP contribution in [0.2, 0.25) is 0 Å². The number of carbonyl (C=O) groups is 1. The van der Waals surface area contributed by atoms with Crippen molar-refractivity contribution in [1.29, 1.82) is 0 Å². The minimum absolute atomic E-state index is 0.140. The minimum atomic E-state index is -0.840. The van der Waals surface area contributed by atoms with Crippen LogP contribution in [0.15, 0.2) is 6.33 Å². The number of rotatable bonds is 5. The zero-order chi connectivity index (χ0) is 12.3. The van der Waals surface area contributed by atoms with Crippen molar-refractivity contribution in [3.63, 3.8) is 0 Å². The lowest BCUT2D eigenvalue weighted by Gasteiger charge is -2.18. The van der Waals surface area contributed by atoms with E-state index in [0.717, 1.165) is 7.40 Å². The second-order valence-electron chi connectivity index (χ2n) is 3.69. The third-order valence-electron chi connectivity index (χ3n) is 1.94. The maximum atomic E-state index is 11.1. The van der Waals surface area contributed by atoms with Gasteiger partial charge in [-0.3, -0.25) is 4.79 Å². The van der Waals surface area contributed by atoms with Crippen LogP contribution in [0.5, 0.6) is 0 Å². The van der Waals surface area contributed by atoms with Gasteiger partial charge in [0, 0.05) is 6.04 Å². The largest absolute Gasteiger partial charge is 0.480 e. The summed E-state index contributed by atoms with van der Waals surface area (Å²) in [4.78, 5) is 15.2. The summed E-state index contributed by atoms with van der Waals surface area (Å²) >= 11 is 4.29. The third kappa shape index (κ3) is 3.84. The number of imidazole rings is 1. The molecule has 0 radical (unpaired) electrons. The highest BCUT2D eigenvalue weighted by Gasteiger charge is 2.20. The first-order valence-electron chi connectivity index (χ1n) is 4.76. The molecule has 1 unspecified atom stereocenters. The number of halogens is 2. The van der Waals surface area contributed by atoms with Crippen LogP contribution in [0.1, 0.15) is 13.8 Å². The minimum Gasteiger partial charge on any atom is -0.480 e. The van der Waals surface area contributed by atoms with Gasteiger partial charge in [-0.1, -0.05) is 13.8 Å². The zero-order valence-corrected chi connectivity index (χ0v) is 13.3. The Hall–Kier alpha value is 0.1000. The lowest BCUT2D eigenvalue weighted by atomic mass is 10.2. The highest BCUT2D eigenvalue weighted by Crippen LogP contribution is 2.13. The summed E-state index contributed by atoms with van der Waals surface area (Å²) in [5.41, 5.74) is 0. The summed E-state index contributed by atoms with van der Waals surface area (Å²) < 4.78 is 3.71. The molecule has 90 valence electrons. The fourth-order valence-corrected chi connectivity index (χ4v) is 2.17. The summed E-state index contributed by atoms with van der Waals surface area (Å²) in [6.07, 6.45) is 1.67. The number of nitrogens with zero attached hydrogens (tertiary/aromatic N) is 2. The molecule has 1 aromatic heterocycles. The van der Waals surface area contributed by atoms with E-state index >= 15 is 0 Å². The smallest absolute Gasteiger partial charge is 0.322 e. The van der Waals surface area contributed by atoms with Crippen molar-refractivity contribution in [3.8, 4) is 0 Å². The van der Waals surface area contributed by atoms with Gasteiger partial charge >= 0.3 is 5.97 Å². The standard InChI is InChI=1S/C9H13I2N3O2/c1-5(2)13-6(9(15)16)3-14-4-12-7(10)8(14)11/h4-6,13H,3H2,1-2H3,(H,15,16). The first kappa shape index (κ1) is 14.2. The van der Waals surface area contributed by atoms with Crippen LogP contribution in [-0.4, -0.2) is 32.7 Å². The molecule has 16 heavy (non-hydrogen) atoms. The van der Waals surface area contributed by atoms with E-state index in [0.29, 0.717) is 6.54 Å². The first-order chi connectivity index (χ1) is 7.41.